The fourth-order valence-corrected chi connectivity index (χ4v) is 2.50. The number of phenolic OH excluding ortho intramolecular Hbond substituents is 1. The zero-order valence-corrected chi connectivity index (χ0v) is 14.0. The van der Waals surface area contributed by atoms with Gasteiger partial charge in [0.15, 0.2) is 11.5 Å². The van der Waals surface area contributed by atoms with Gasteiger partial charge in [-0.2, -0.15) is 0 Å². The number of benzene rings is 2. The van der Waals surface area contributed by atoms with Gasteiger partial charge in [0.2, 0.25) is 0 Å². The van der Waals surface area contributed by atoms with Crippen LogP contribution in [0.1, 0.15) is 5.56 Å². The van der Waals surface area contributed by atoms with Crippen LogP contribution in [0.15, 0.2) is 34.8 Å². The second-order valence-electron chi connectivity index (χ2n) is 4.31. The molecule has 2 aromatic carbocycles. The fourth-order valence-electron chi connectivity index (χ4n) is 1.88. The van der Waals surface area contributed by atoms with Gasteiger partial charge in [-0.1, -0.05) is 27.5 Å². The van der Waals surface area contributed by atoms with E-state index in [0.29, 0.717) is 28.8 Å². The van der Waals surface area contributed by atoms with Gasteiger partial charge in [0.05, 0.1) is 24.9 Å². The summed E-state index contributed by atoms with van der Waals surface area (Å²) < 4.78 is 11.3. The molecule has 0 aliphatic rings. The Hall–Kier alpha value is -1.59. The van der Waals surface area contributed by atoms with Crippen LogP contribution in [0.4, 0.5) is 5.69 Å². The van der Waals surface area contributed by atoms with Gasteiger partial charge in [0.1, 0.15) is 5.75 Å². The Morgan fingerprint density at radius 2 is 1.81 bits per heavy atom. The van der Waals surface area contributed by atoms with E-state index in [-0.39, 0.29) is 5.75 Å². The van der Waals surface area contributed by atoms with Crippen molar-refractivity contribution in [3.8, 4) is 17.2 Å². The molecule has 2 aromatic rings. The smallest absolute Gasteiger partial charge is 0.162 e. The highest BCUT2D eigenvalue weighted by molar-refractivity contribution is 9.10. The van der Waals surface area contributed by atoms with Crippen molar-refractivity contribution in [3.05, 3.63) is 45.4 Å². The molecule has 0 atom stereocenters. The van der Waals surface area contributed by atoms with Crippen LogP contribution in [-0.4, -0.2) is 19.3 Å². The number of rotatable bonds is 5. The highest BCUT2D eigenvalue weighted by Crippen LogP contribution is 2.36. The Balaban J connectivity index is 2.21. The lowest BCUT2D eigenvalue weighted by molar-refractivity contribution is 0.355. The molecule has 0 aromatic heterocycles. The Kier molecular flexibility index (Phi) is 5.20. The molecule has 0 saturated heterocycles. The molecule has 0 unspecified atom stereocenters. The van der Waals surface area contributed by atoms with E-state index in [9.17, 15) is 5.11 Å². The minimum absolute atomic E-state index is 0.224. The highest BCUT2D eigenvalue weighted by Gasteiger charge is 2.10. The van der Waals surface area contributed by atoms with Crippen LogP contribution in [0.5, 0.6) is 17.2 Å². The number of hydrogen-bond acceptors (Lipinski definition) is 4. The SMILES string of the molecule is COc1cc(Cl)c(NCc2cc(Br)ccc2O)cc1OC. The minimum atomic E-state index is 0.224. The molecule has 0 amide bonds. The molecule has 0 saturated carbocycles. The zero-order valence-electron chi connectivity index (χ0n) is 11.6. The number of anilines is 1. The Morgan fingerprint density at radius 3 is 2.48 bits per heavy atom. The molecular formula is C15H15BrClNO3. The van der Waals surface area contributed by atoms with Crippen molar-refractivity contribution in [2.24, 2.45) is 0 Å². The zero-order chi connectivity index (χ0) is 15.4. The van der Waals surface area contributed by atoms with Crippen molar-refractivity contribution < 1.29 is 14.6 Å². The quantitative estimate of drug-likeness (QED) is 0.815. The summed E-state index contributed by atoms with van der Waals surface area (Å²) in [6, 6.07) is 8.70. The molecular weight excluding hydrogens is 358 g/mol. The van der Waals surface area contributed by atoms with E-state index in [2.05, 4.69) is 21.2 Å². The lowest BCUT2D eigenvalue weighted by Gasteiger charge is -2.14. The molecule has 0 radical (unpaired) electrons. The predicted molar refractivity (Wildman–Crippen MR) is 87.7 cm³/mol. The van der Waals surface area contributed by atoms with Gasteiger partial charge in [-0.25, -0.2) is 0 Å². The molecule has 0 bridgehead atoms. The van der Waals surface area contributed by atoms with Crippen LogP contribution in [0, 0.1) is 0 Å². The number of hydrogen-bond donors (Lipinski definition) is 2. The van der Waals surface area contributed by atoms with Gasteiger partial charge < -0.3 is 19.9 Å². The van der Waals surface area contributed by atoms with Crippen LogP contribution in [0.2, 0.25) is 5.02 Å². The van der Waals surface area contributed by atoms with Crippen molar-refractivity contribution >= 4 is 33.2 Å². The van der Waals surface area contributed by atoms with Gasteiger partial charge in [-0.15, -0.1) is 0 Å². The van der Waals surface area contributed by atoms with Crippen LogP contribution in [0.25, 0.3) is 0 Å². The van der Waals surface area contributed by atoms with E-state index in [0.717, 1.165) is 10.0 Å². The van der Waals surface area contributed by atoms with Gasteiger partial charge in [0, 0.05) is 28.7 Å². The van der Waals surface area contributed by atoms with Crippen molar-refractivity contribution in [3.63, 3.8) is 0 Å². The summed E-state index contributed by atoms with van der Waals surface area (Å²) in [6.45, 7) is 0.431. The van der Waals surface area contributed by atoms with Crippen LogP contribution >= 0.6 is 27.5 Å². The summed E-state index contributed by atoms with van der Waals surface area (Å²) in [6.07, 6.45) is 0. The molecule has 6 heteroatoms. The van der Waals surface area contributed by atoms with Crippen molar-refractivity contribution in [2.75, 3.05) is 19.5 Å². The maximum absolute atomic E-state index is 9.83. The lowest BCUT2D eigenvalue weighted by Crippen LogP contribution is -2.01. The summed E-state index contributed by atoms with van der Waals surface area (Å²) >= 11 is 9.58. The highest BCUT2D eigenvalue weighted by atomic mass is 79.9. The van der Waals surface area contributed by atoms with E-state index in [1.54, 1.807) is 38.5 Å². The third-order valence-electron chi connectivity index (χ3n) is 2.98. The van der Waals surface area contributed by atoms with Gasteiger partial charge in [0.25, 0.3) is 0 Å². The molecule has 0 spiro atoms. The van der Waals surface area contributed by atoms with E-state index in [1.807, 2.05) is 6.07 Å². The van der Waals surface area contributed by atoms with E-state index in [4.69, 9.17) is 21.1 Å². The average molecular weight is 373 g/mol. The van der Waals surface area contributed by atoms with Crippen molar-refractivity contribution in [1.82, 2.24) is 0 Å². The first-order valence-electron chi connectivity index (χ1n) is 6.18. The standard InChI is InChI=1S/C15H15BrClNO3/c1-20-14-6-11(17)12(7-15(14)21-2)18-8-9-5-10(16)3-4-13(9)19/h3-7,18-19H,8H2,1-2H3. The van der Waals surface area contributed by atoms with Gasteiger partial charge in [-0.05, 0) is 18.2 Å². The van der Waals surface area contributed by atoms with Gasteiger partial charge >= 0.3 is 0 Å². The molecule has 0 heterocycles. The number of methoxy groups -OCH3 is 2. The topological polar surface area (TPSA) is 50.7 Å². The maximum Gasteiger partial charge on any atom is 0.162 e. The third kappa shape index (κ3) is 3.74. The number of phenols is 1. The predicted octanol–water partition coefficient (Wildman–Crippen LogP) is 4.44. The third-order valence-corrected chi connectivity index (χ3v) is 3.79. The number of halogens is 2. The Labute approximate surface area is 136 Å². The van der Waals surface area contributed by atoms with Gasteiger partial charge in [-0.3, -0.25) is 0 Å². The van der Waals surface area contributed by atoms with Crippen molar-refractivity contribution in [2.45, 2.75) is 6.54 Å². The van der Waals surface area contributed by atoms with E-state index in [1.165, 1.54) is 0 Å². The van der Waals surface area contributed by atoms with Crippen LogP contribution in [-0.2, 0) is 6.54 Å². The molecule has 21 heavy (non-hydrogen) atoms. The Morgan fingerprint density at radius 1 is 1.14 bits per heavy atom. The fraction of sp³-hybridized carbons (Fsp3) is 0.200. The van der Waals surface area contributed by atoms with Crippen LogP contribution < -0.4 is 14.8 Å². The number of aromatic hydroxyl groups is 1. The van der Waals surface area contributed by atoms with Crippen LogP contribution in [0.3, 0.4) is 0 Å². The summed E-state index contributed by atoms with van der Waals surface area (Å²) in [5, 5.41) is 13.5. The summed E-state index contributed by atoms with van der Waals surface area (Å²) in [5.74, 6) is 1.38. The molecule has 0 aliphatic carbocycles. The molecule has 0 fully saturated rings. The number of ether oxygens (including phenoxy) is 2. The van der Waals surface area contributed by atoms with Crippen molar-refractivity contribution in [1.29, 1.82) is 0 Å². The van der Waals surface area contributed by atoms with E-state index >= 15 is 0 Å². The Bertz CT molecular complexity index is 649. The molecule has 0 aliphatic heterocycles. The van der Waals surface area contributed by atoms with E-state index < -0.39 is 0 Å². The second-order valence-corrected chi connectivity index (χ2v) is 5.64. The minimum Gasteiger partial charge on any atom is -0.508 e. The first-order valence-corrected chi connectivity index (χ1v) is 7.35. The maximum atomic E-state index is 9.83. The molecule has 2 rings (SSSR count). The first kappa shape index (κ1) is 15.8. The molecule has 112 valence electrons. The first-order chi connectivity index (χ1) is 10.0. The summed E-state index contributed by atoms with van der Waals surface area (Å²) in [7, 11) is 3.12. The largest absolute Gasteiger partial charge is 0.508 e. The molecule has 4 nitrogen and oxygen atoms in total. The normalized spacial score (nSPS) is 10.3. The summed E-state index contributed by atoms with van der Waals surface area (Å²) in [5.41, 5.74) is 1.46. The monoisotopic (exact) mass is 371 g/mol. The number of nitrogens with one attached hydrogen (secondary N) is 1. The molecule has 2 N–H and O–H groups in total. The summed E-state index contributed by atoms with van der Waals surface area (Å²) in [4.78, 5) is 0. The second kappa shape index (κ2) is 6.91. The average Bonchev–Trinajstić information content (AvgIpc) is 2.48. The lowest BCUT2D eigenvalue weighted by atomic mass is 10.2.